The zero-order chi connectivity index (χ0) is 54.4. The van der Waals surface area contributed by atoms with Gasteiger partial charge >= 0.3 is 17.2 Å². The molecule has 12 heteroatoms. The third-order valence-corrected chi connectivity index (χ3v) is 17.8. The standard InChI is InChI=1S/C68H59O10P2/c1-63(2)69-59-60(70-63)66(51-34-17-7-18-35-51,52-36-19-8-20-37-52)76-79(75-65(59,49-30-13-5-14-31-49)50-32-15-6-16-33-50)73-57-46-29-47-58(48-57)74-80-77-67(53-38-21-9-22-39-53,54-40-23-10-24-41-54)61-62(72-64(3,4)71-61)68(78-80,55-42-25-11-26-43-55)56-44-27-12-28-45-56/h5-47,59-62H,1-4H3/q-1/t59-,60-,61-,62-/m1/s1. The fourth-order valence-electron chi connectivity index (χ4n) is 12.1. The Balaban J connectivity index is 0.971. The van der Waals surface area contributed by atoms with Crippen LogP contribution in [0.1, 0.15) is 72.2 Å². The maximum absolute atomic E-state index is 7.68. The zero-order valence-corrected chi connectivity index (χ0v) is 46.4. The first-order valence-electron chi connectivity index (χ1n) is 26.9. The Morgan fingerprint density at radius 2 is 0.463 bits per heavy atom. The second kappa shape index (κ2) is 21.2. The predicted molar refractivity (Wildman–Crippen MR) is 307 cm³/mol. The van der Waals surface area contributed by atoms with Crippen LogP contribution in [0.4, 0.5) is 0 Å². The van der Waals surface area contributed by atoms with Crippen LogP contribution in [-0.4, -0.2) is 36.0 Å². The number of benzene rings is 9. The number of hydrogen-bond donors (Lipinski definition) is 0. The Bertz CT molecular complexity index is 2920. The maximum Gasteiger partial charge on any atom is 0.397 e. The van der Waals surface area contributed by atoms with Gasteiger partial charge < -0.3 is 28.0 Å². The minimum absolute atomic E-state index is 0.276. The predicted octanol–water partition coefficient (Wildman–Crippen LogP) is 15.6. The lowest BCUT2D eigenvalue weighted by molar-refractivity contribution is -0.175. The molecule has 0 spiro atoms. The van der Waals surface area contributed by atoms with Gasteiger partial charge in [0, 0.05) is 11.5 Å². The molecule has 4 aliphatic rings. The van der Waals surface area contributed by atoms with Gasteiger partial charge in [-0.25, -0.2) is 0 Å². The number of ether oxygens (including phenoxy) is 4. The van der Waals surface area contributed by atoms with Crippen LogP contribution in [0.5, 0.6) is 11.5 Å². The molecule has 13 rings (SSSR count). The van der Waals surface area contributed by atoms with E-state index in [9.17, 15) is 0 Å². The van der Waals surface area contributed by atoms with E-state index in [0.717, 1.165) is 44.5 Å². The van der Waals surface area contributed by atoms with Crippen molar-refractivity contribution in [2.45, 2.75) is 86.1 Å². The van der Waals surface area contributed by atoms with Crippen LogP contribution in [0, 0.1) is 6.07 Å². The Morgan fingerprint density at radius 3 is 0.650 bits per heavy atom. The average Bonchev–Trinajstić information content (AvgIpc) is 4.04. The Labute approximate surface area is 470 Å². The van der Waals surface area contributed by atoms with Crippen molar-refractivity contribution in [3.8, 4) is 11.5 Å². The number of rotatable bonds is 12. The van der Waals surface area contributed by atoms with Gasteiger partial charge in [-0.15, -0.1) is 12.1 Å². The lowest BCUT2D eigenvalue weighted by atomic mass is 9.72. The smallest absolute Gasteiger partial charge is 0.397 e. The summed E-state index contributed by atoms with van der Waals surface area (Å²) >= 11 is 0. The summed E-state index contributed by atoms with van der Waals surface area (Å²) in [7, 11) is -4.88. The third kappa shape index (κ3) is 9.18. The van der Waals surface area contributed by atoms with Crippen molar-refractivity contribution in [1.82, 2.24) is 0 Å². The van der Waals surface area contributed by atoms with Crippen molar-refractivity contribution >= 4 is 17.2 Å². The van der Waals surface area contributed by atoms with Gasteiger partial charge in [0.1, 0.15) is 24.4 Å². The number of fused-ring (bicyclic) bond motifs is 2. The van der Waals surface area contributed by atoms with E-state index in [2.05, 4.69) is 103 Å². The summed E-state index contributed by atoms with van der Waals surface area (Å²) < 4.78 is 74.0. The van der Waals surface area contributed by atoms with E-state index in [-0.39, 0.29) is 11.5 Å². The molecule has 9 aromatic rings. The molecule has 4 atom stereocenters. The summed E-state index contributed by atoms with van der Waals surface area (Å²) in [6.07, 6.45) is -3.20. The summed E-state index contributed by atoms with van der Waals surface area (Å²) in [6, 6.07) is 89.9. The Hall–Kier alpha value is -6.88. The second-order valence-electron chi connectivity index (χ2n) is 21.2. The Morgan fingerprint density at radius 1 is 0.275 bits per heavy atom. The first-order valence-corrected chi connectivity index (χ1v) is 29.1. The van der Waals surface area contributed by atoms with Gasteiger partial charge in [-0.2, -0.15) is 6.07 Å². The molecule has 4 saturated heterocycles. The molecular weight excluding hydrogens is 1040 g/mol. The summed E-state index contributed by atoms with van der Waals surface area (Å²) in [4.78, 5) is 0. The molecule has 4 fully saturated rings. The molecule has 0 bridgehead atoms. The molecule has 0 radical (unpaired) electrons. The lowest BCUT2D eigenvalue weighted by Crippen LogP contribution is -2.53. The van der Waals surface area contributed by atoms with Gasteiger partial charge in [-0.1, -0.05) is 249 Å². The molecule has 402 valence electrons. The molecule has 0 amide bonds. The Kier molecular flexibility index (Phi) is 13.9. The van der Waals surface area contributed by atoms with Crippen molar-refractivity contribution in [3.63, 3.8) is 0 Å². The van der Waals surface area contributed by atoms with Gasteiger partial charge in [-0.05, 0) is 72.2 Å². The van der Waals surface area contributed by atoms with E-state index < -0.39 is 75.6 Å². The highest BCUT2D eigenvalue weighted by Gasteiger charge is 2.69. The fourth-order valence-corrected chi connectivity index (χ4v) is 15.0. The van der Waals surface area contributed by atoms with Gasteiger partial charge in [-0.3, -0.25) is 18.1 Å². The summed E-state index contributed by atoms with van der Waals surface area (Å²) in [5.74, 6) is -1.59. The topological polar surface area (TPSA) is 92.3 Å². The maximum atomic E-state index is 7.68. The van der Waals surface area contributed by atoms with Crippen LogP contribution in [0.2, 0.25) is 0 Å². The molecule has 4 aliphatic heterocycles. The lowest BCUT2D eigenvalue weighted by Gasteiger charge is -2.41. The SMILES string of the molecule is CC1(C)O[C@@H]2[C@@H](O1)C(c1ccccc1)(c1ccccc1)OP(Oc1[c-]c(OP3OC(c4ccccc4)(c4ccccc4)[C@@H]4OC(C)(C)O[C@H]4C(c4ccccc4)(c4ccccc4)O3)ccc1)OC2(c1ccccc1)c1ccccc1. The van der Waals surface area contributed by atoms with E-state index in [0.29, 0.717) is 0 Å². The molecule has 9 aromatic carbocycles. The first-order chi connectivity index (χ1) is 39.0. The molecule has 4 heterocycles. The quantitative estimate of drug-likeness (QED) is 0.0870. The van der Waals surface area contributed by atoms with Crippen LogP contribution < -0.4 is 9.05 Å². The van der Waals surface area contributed by atoms with Crippen LogP contribution >= 0.6 is 17.2 Å². The third-order valence-electron chi connectivity index (χ3n) is 15.4. The van der Waals surface area contributed by atoms with Crippen molar-refractivity contribution < 1.29 is 46.1 Å². The van der Waals surface area contributed by atoms with Crippen LogP contribution in [0.25, 0.3) is 0 Å². The summed E-state index contributed by atoms with van der Waals surface area (Å²) in [6.45, 7) is 7.75. The van der Waals surface area contributed by atoms with E-state index >= 15 is 0 Å². The zero-order valence-electron chi connectivity index (χ0n) is 44.6. The van der Waals surface area contributed by atoms with Gasteiger partial charge in [0.05, 0.1) is 0 Å². The van der Waals surface area contributed by atoms with Gasteiger partial charge in [0.2, 0.25) is 0 Å². The molecule has 0 saturated carbocycles. The fraction of sp³-hybridized carbons (Fsp3) is 0.206. The van der Waals surface area contributed by atoms with Crippen LogP contribution in [-0.2, 0) is 59.4 Å². The van der Waals surface area contributed by atoms with Crippen molar-refractivity contribution in [2.24, 2.45) is 0 Å². The average molecular weight is 1100 g/mol. The van der Waals surface area contributed by atoms with Gasteiger partial charge in [0.15, 0.2) is 34.0 Å². The minimum Gasteiger partial charge on any atom is -0.454 e. The normalized spacial score (nSPS) is 23.4. The molecule has 0 unspecified atom stereocenters. The van der Waals surface area contributed by atoms with Gasteiger partial charge in [0.25, 0.3) is 0 Å². The molecule has 0 N–H and O–H groups in total. The molecule has 0 aromatic heterocycles. The van der Waals surface area contributed by atoms with Crippen molar-refractivity contribution in [2.75, 3.05) is 0 Å². The van der Waals surface area contributed by atoms with E-state index in [1.807, 2.05) is 191 Å². The summed E-state index contributed by atoms with van der Waals surface area (Å²) in [5.41, 5.74) is 1.18. The molecule has 0 aliphatic carbocycles. The minimum atomic E-state index is -2.44. The van der Waals surface area contributed by atoms with Crippen molar-refractivity contribution in [1.29, 1.82) is 0 Å². The summed E-state index contributed by atoms with van der Waals surface area (Å²) in [5, 5.41) is 0. The molecule has 10 nitrogen and oxygen atoms in total. The first kappa shape index (κ1) is 52.5. The highest BCUT2D eigenvalue weighted by atomic mass is 31.2. The van der Waals surface area contributed by atoms with E-state index in [1.54, 1.807) is 0 Å². The van der Waals surface area contributed by atoms with Crippen LogP contribution in [0.3, 0.4) is 0 Å². The van der Waals surface area contributed by atoms with E-state index in [4.69, 9.17) is 46.1 Å². The van der Waals surface area contributed by atoms with Crippen LogP contribution in [0.15, 0.2) is 261 Å². The van der Waals surface area contributed by atoms with Crippen molar-refractivity contribution in [3.05, 3.63) is 311 Å². The largest absolute Gasteiger partial charge is 0.454 e. The van der Waals surface area contributed by atoms with E-state index in [1.165, 1.54) is 0 Å². The molecule has 80 heavy (non-hydrogen) atoms. The monoisotopic (exact) mass is 1100 g/mol. The highest BCUT2D eigenvalue weighted by molar-refractivity contribution is 7.42. The number of hydrogen-bond acceptors (Lipinski definition) is 10. The second-order valence-corrected chi connectivity index (χ2v) is 23.2. The highest BCUT2D eigenvalue weighted by Crippen LogP contribution is 2.67. The molecular formula is C68H59O10P2-.